The molecule has 0 spiro atoms. The van der Waals surface area contributed by atoms with E-state index in [2.05, 4.69) is 0 Å². The minimum atomic E-state index is -0.709. The lowest BCUT2D eigenvalue weighted by Crippen LogP contribution is -2.26. The van der Waals surface area contributed by atoms with Gasteiger partial charge in [0.05, 0.1) is 20.3 Å². The molecule has 18 heavy (non-hydrogen) atoms. The minimum Gasteiger partial charge on any atom is -0.493 e. The van der Waals surface area contributed by atoms with Gasteiger partial charge in [-0.05, 0) is 31.5 Å². The van der Waals surface area contributed by atoms with E-state index in [1.54, 1.807) is 32.0 Å². The van der Waals surface area contributed by atoms with E-state index in [1.807, 2.05) is 0 Å². The Bertz CT molecular complexity index is 402. The zero-order chi connectivity index (χ0) is 13.5. The maximum atomic E-state index is 11.4. The van der Waals surface area contributed by atoms with Crippen LogP contribution in [0.25, 0.3) is 0 Å². The zero-order valence-corrected chi connectivity index (χ0v) is 10.8. The maximum absolute atomic E-state index is 11.4. The van der Waals surface area contributed by atoms with Crippen LogP contribution in [0, 0.1) is 0 Å². The van der Waals surface area contributed by atoms with Gasteiger partial charge in [0.1, 0.15) is 0 Å². The van der Waals surface area contributed by atoms with Crippen LogP contribution < -0.4 is 9.47 Å². The second kappa shape index (κ2) is 6.86. The number of hydrogen-bond donors (Lipinski definition) is 1. The number of aliphatic hydroxyl groups excluding tert-OH is 1. The van der Waals surface area contributed by atoms with Crippen molar-refractivity contribution in [3.63, 3.8) is 0 Å². The normalized spacial score (nSPS) is 11.8. The Kier molecular flexibility index (Phi) is 5.45. The van der Waals surface area contributed by atoms with E-state index in [0.717, 1.165) is 0 Å². The van der Waals surface area contributed by atoms with Gasteiger partial charge in [-0.25, -0.2) is 4.79 Å². The van der Waals surface area contributed by atoms with Crippen LogP contribution in [0.1, 0.15) is 19.4 Å². The van der Waals surface area contributed by atoms with E-state index in [-0.39, 0.29) is 6.61 Å². The van der Waals surface area contributed by atoms with Crippen LogP contribution in [0.5, 0.6) is 11.5 Å². The van der Waals surface area contributed by atoms with Crippen molar-refractivity contribution in [2.75, 3.05) is 13.7 Å². The molecule has 0 radical (unpaired) electrons. The first-order chi connectivity index (χ1) is 8.62. The molecule has 1 aromatic rings. The summed E-state index contributed by atoms with van der Waals surface area (Å²) < 4.78 is 15.5. The van der Waals surface area contributed by atoms with Crippen molar-refractivity contribution >= 4 is 5.97 Å². The van der Waals surface area contributed by atoms with Gasteiger partial charge in [-0.15, -0.1) is 0 Å². The highest BCUT2D eigenvalue weighted by atomic mass is 16.6. The molecule has 0 amide bonds. The van der Waals surface area contributed by atoms with E-state index in [4.69, 9.17) is 19.3 Å². The molecule has 1 rings (SSSR count). The number of carbonyl (C=O) groups is 1. The summed E-state index contributed by atoms with van der Waals surface area (Å²) in [6, 6.07) is 5.02. The van der Waals surface area contributed by atoms with E-state index >= 15 is 0 Å². The van der Waals surface area contributed by atoms with Crippen molar-refractivity contribution in [3.05, 3.63) is 23.8 Å². The third-order valence-corrected chi connectivity index (χ3v) is 2.33. The van der Waals surface area contributed by atoms with Crippen molar-refractivity contribution in [1.29, 1.82) is 0 Å². The molecule has 0 aliphatic carbocycles. The highest BCUT2D eigenvalue weighted by molar-refractivity contribution is 5.74. The van der Waals surface area contributed by atoms with E-state index < -0.39 is 12.1 Å². The van der Waals surface area contributed by atoms with Gasteiger partial charge in [-0.3, -0.25) is 0 Å². The highest BCUT2D eigenvalue weighted by Crippen LogP contribution is 2.29. The average Bonchev–Trinajstić information content (AvgIpc) is 2.39. The Morgan fingerprint density at radius 3 is 2.67 bits per heavy atom. The zero-order valence-electron chi connectivity index (χ0n) is 10.8. The Labute approximate surface area is 106 Å². The summed E-state index contributed by atoms with van der Waals surface area (Å²) in [4.78, 5) is 11.4. The number of esters is 1. The predicted molar refractivity (Wildman–Crippen MR) is 65.6 cm³/mol. The molecule has 1 unspecified atom stereocenters. The largest absolute Gasteiger partial charge is 0.493 e. The Morgan fingerprint density at radius 2 is 2.11 bits per heavy atom. The van der Waals surface area contributed by atoms with Gasteiger partial charge in [-0.2, -0.15) is 0 Å². The van der Waals surface area contributed by atoms with Crippen molar-refractivity contribution < 1.29 is 24.1 Å². The van der Waals surface area contributed by atoms with Crippen molar-refractivity contribution in [2.45, 2.75) is 26.6 Å². The number of benzene rings is 1. The van der Waals surface area contributed by atoms with Gasteiger partial charge in [0, 0.05) is 0 Å². The predicted octanol–water partition coefficient (Wildman–Crippen LogP) is 1.52. The van der Waals surface area contributed by atoms with Crippen LogP contribution in [-0.2, 0) is 16.1 Å². The Hall–Kier alpha value is -1.75. The van der Waals surface area contributed by atoms with Crippen molar-refractivity contribution in [1.82, 2.24) is 0 Å². The molecule has 0 saturated heterocycles. The molecular formula is C13H18O5. The number of aliphatic hydroxyl groups is 1. The smallest absolute Gasteiger partial charge is 0.347 e. The fourth-order valence-electron chi connectivity index (χ4n) is 1.41. The summed E-state index contributed by atoms with van der Waals surface area (Å²) in [5, 5.41) is 9.02. The topological polar surface area (TPSA) is 65.0 Å². The van der Waals surface area contributed by atoms with Crippen LogP contribution in [0.3, 0.4) is 0 Å². The summed E-state index contributed by atoms with van der Waals surface area (Å²) in [5.41, 5.74) is 0.711. The maximum Gasteiger partial charge on any atom is 0.347 e. The molecule has 1 N–H and O–H groups in total. The van der Waals surface area contributed by atoms with Crippen LogP contribution in [0.4, 0.5) is 0 Å². The van der Waals surface area contributed by atoms with Crippen molar-refractivity contribution in [3.8, 4) is 11.5 Å². The minimum absolute atomic E-state index is 0.0793. The molecular weight excluding hydrogens is 236 g/mol. The molecule has 0 aliphatic heterocycles. The Balaban J connectivity index is 2.80. The first-order valence-electron chi connectivity index (χ1n) is 5.73. The lowest BCUT2D eigenvalue weighted by Gasteiger charge is -2.16. The summed E-state index contributed by atoms with van der Waals surface area (Å²) >= 11 is 0. The van der Waals surface area contributed by atoms with Gasteiger partial charge in [-0.1, -0.05) is 6.07 Å². The number of hydrogen-bond acceptors (Lipinski definition) is 5. The number of rotatable bonds is 6. The molecule has 1 atom stereocenters. The lowest BCUT2D eigenvalue weighted by molar-refractivity contribution is -0.150. The van der Waals surface area contributed by atoms with Crippen LogP contribution in [0.15, 0.2) is 18.2 Å². The number of carbonyl (C=O) groups excluding carboxylic acids is 1. The molecule has 1 aromatic carbocycles. The van der Waals surface area contributed by atoms with E-state index in [0.29, 0.717) is 23.7 Å². The second-order valence-corrected chi connectivity index (χ2v) is 3.66. The molecule has 100 valence electrons. The lowest BCUT2D eigenvalue weighted by atomic mass is 10.2. The van der Waals surface area contributed by atoms with Gasteiger partial charge >= 0.3 is 5.97 Å². The molecule has 5 heteroatoms. The summed E-state index contributed by atoms with van der Waals surface area (Å²) in [7, 11) is 1.50. The standard InChI is InChI=1S/C13H18O5/c1-4-17-13(15)9(2)18-11-6-5-10(8-14)7-12(11)16-3/h5-7,9,14H,4,8H2,1-3H3. The molecule has 0 saturated carbocycles. The summed E-state index contributed by atoms with van der Waals surface area (Å²) in [5.74, 6) is 0.485. The second-order valence-electron chi connectivity index (χ2n) is 3.66. The number of ether oxygens (including phenoxy) is 3. The fourth-order valence-corrected chi connectivity index (χ4v) is 1.41. The van der Waals surface area contributed by atoms with Crippen LogP contribution >= 0.6 is 0 Å². The molecule has 0 heterocycles. The SMILES string of the molecule is CCOC(=O)C(C)Oc1ccc(CO)cc1OC. The Morgan fingerprint density at radius 1 is 1.39 bits per heavy atom. The summed E-state index contributed by atoms with van der Waals surface area (Å²) in [6.45, 7) is 3.58. The highest BCUT2D eigenvalue weighted by Gasteiger charge is 2.17. The average molecular weight is 254 g/mol. The fraction of sp³-hybridized carbons (Fsp3) is 0.462. The van der Waals surface area contributed by atoms with Crippen LogP contribution in [0.2, 0.25) is 0 Å². The monoisotopic (exact) mass is 254 g/mol. The van der Waals surface area contributed by atoms with E-state index in [9.17, 15) is 4.79 Å². The van der Waals surface area contributed by atoms with Gasteiger partial charge in [0.15, 0.2) is 17.6 Å². The van der Waals surface area contributed by atoms with E-state index in [1.165, 1.54) is 7.11 Å². The quantitative estimate of drug-likeness (QED) is 0.780. The first kappa shape index (κ1) is 14.3. The van der Waals surface area contributed by atoms with Gasteiger partial charge in [0.25, 0.3) is 0 Å². The third-order valence-electron chi connectivity index (χ3n) is 2.33. The molecule has 0 aliphatic rings. The third kappa shape index (κ3) is 3.63. The van der Waals surface area contributed by atoms with Crippen LogP contribution in [-0.4, -0.2) is 30.9 Å². The first-order valence-corrected chi connectivity index (χ1v) is 5.73. The van der Waals surface area contributed by atoms with Crippen molar-refractivity contribution in [2.24, 2.45) is 0 Å². The number of methoxy groups -OCH3 is 1. The summed E-state index contributed by atoms with van der Waals surface area (Å²) in [6.07, 6.45) is -0.709. The van der Waals surface area contributed by atoms with Gasteiger partial charge < -0.3 is 19.3 Å². The van der Waals surface area contributed by atoms with Gasteiger partial charge in [0.2, 0.25) is 0 Å². The molecule has 5 nitrogen and oxygen atoms in total. The molecule has 0 bridgehead atoms. The molecule has 0 fully saturated rings. The molecule has 0 aromatic heterocycles.